The molecule has 2 bridgehead atoms. The Kier molecular flexibility index (Phi) is 7.25. The third-order valence-electron chi connectivity index (χ3n) is 4.30. The van der Waals surface area contributed by atoms with Crippen molar-refractivity contribution in [2.24, 2.45) is 0 Å². The van der Waals surface area contributed by atoms with Crippen LogP contribution in [0.25, 0.3) is 0 Å². The summed E-state index contributed by atoms with van der Waals surface area (Å²) < 4.78 is 0. The summed E-state index contributed by atoms with van der Waals surface area (Å²) in [5, 5.41) is 16.3. The molecule has 0 aliphatic carbocycles. The van der Waals surface area contributed by atoms with Crippen LogP contribution in [-0.2, 0) is 0 Å². The van der Waals surface area contributed by atoms with Gasteiger partial charge in [0.1, 0.15) is 0 Å². The largest absolute Gasteiger partial charge is 0.395 e. The van der Waals surface area contributed by atoms with Crippen LogP contribution in [0.15, 0.2) is 18.2 Å². The van der Waals surface area contributed by atoms with Gasteiger partial charge in [0.2, 0.25) is 0 Å². The molecule has 1 aliphatic rings. The molecule has 1 aromatic heterocycles. The van der Waals surface area contributed by atoms with Crippen molar-refractivity contribution in [3.63, 3.8) is 0 Å². The van der Waals surface area contributed by atoms with Crippen LogP contribution in [0.2, 0.25) is 0 Å². The van der Waals surface area contributed by atoms with E-state index in [4.69, 9.17) is 4.98 Å². The van der Waals surface area contributed by atoms with E-state index in [9.17, 15) is 5.11 Å². The first kappa shape index (κ1) is 17.3. The molecule has 0 saturated heterocycles. The van der Waals surface area contributed by atoms with Gasteiger partial charge in [-0.05, 0) is 65.0 Å². The summed E-state index contributed by atoms with van der Waals surface area (Å²) in [7, 11) is 0. The highest BCUT2D eigenvalue weighted by Crippen LogP contribution is 2.15. The van der Waals surface area contributed by atoms with Crippen LogP contribution in [0.1, 0.15) is 50.2 Å². The van der Waals surface area contributed by atoms with Crippen molar-refractivity contribution in [3.05, 3.63) is 29.6 Å². The van der Waals surface area contributed by atoms with E-state index in [1.54, 1.807) is 0 Å². The van der Waals surface area contributed by atoms with Crippen LogP contribution >= 0.6 is 0 Å². The Balaban J connectivity index is 2.03. The number of pyridine rings is 1. The molecule has 5 heteroatoms. The van der Waals surface area contributed by atoms with Crippen molar-refractivity contribution in [1.29, 1.82) is 0 Å². The number of aliphatic hydroxyl groups is 1. The summed E-state index contributed by atoms with van der Waals surface area (Å²) in [6, 6.07) is 6.82. The highest BCUT2D eigenvalue weighted by molar-refractivity contribution is 5.16. The van der Waals surface area contributed by atoms with Crippen molar-refractivity contribution < 1.29 is 5.11 Å². The Hall–Kier alpha value is -1.01. The van der Waals surface area contributed by atoms with E-state index < -0.39 is 0 Å². The topological polar surface area (TPSA) is 60.4 Å². The van der Waals surface area contributed by atoms with Gasteiger partial charge in [-0.15, -0.1) is 0 Å². The van der Waals surface area contributed by atoms with Crippen LogP contribution in [0, 0.1) is 0 Å². The number of hydrogen-bond donors (Lipinski definition) is 3. The molecule has 0 fully saturated rings. The predicted molar refractivity (Wildman–Crippen MR) is 89.8 cm³/mol. The van der Waals surface area contributed by atoms with Crippen LogP contribution < -0.4 is 10.6 Å². The molecule has 124 valence electrons. The fourth-order valence-electron chi connectivity index (χ4n) is 2.88. The lowest BCUT2D eigenvalue weighted by Crippen LogP contribution is -2.34. The molecule has 0 unspecified atom stereocenters. The average molecular weight is 306 g/mol. The molecule has 0 amide bonds. The molecule has 0 spiro atoms. The summed E-state index contributed by atoms with van der Waals surface area (Å²) in [4.78, 5) is 7.15. The Labute approximate surface area is 134 Å². The second-order valence-corrected chi connectivity index (χ2v) is 6.11. The average Bonchev–Trinajstić information content (AvgIpc) is 2.54. The van der Waals surface area contributed by atoms with E-state index in [-0.39, 0.29) is 18.7 Å². The standard InChI is InChI=1S/C17H30N4O/c1-14-16-6-3-7-17(20-16)15(2)19-9-5-11-21(12-13-22)10-4-8-18-14/h3,6-7,14-15,18-19,22H,4-5,8-13H2,1-2H3/t14-,15-/m1/s1. The van der Waals surface area contributed by atoms with E-state index in [2.05, 4.69) is 47.6 Å². The fraction of sp³-hybridized carbons (Fsp3) is 0.706. The molecule has 0 radical (unpaired) electrons. The number of aromatic nitrogens is 1. The molecular weight excluding hydrogens is 276 g/mol. The molecule has 3 N–H and O–H groups in total. The first-order valence-electron chi connectivity index (χ1n) is 8.47. The zero-order chi connectivity index (χ0) is 15.8. The minimum atomic E-state index is 0.238. The van der Waals surface area contributed by atoms with Crippen molar-refractivity contribution in [1.82, 2.24) is 20.5 Å². The van der Waals surface area contributed by atoms with Gasteiger partial charge in [-0.1, -0.05) is 6.07 Å². The third-order valence-corrected chi connectivity index (χ3v) is 4.30. The Morgan fingerprint density at radius 1 is 1.09 bits per heavy atom. The lowest BCUT2D eigenvalue weighted by molar-refractivity contribution is 0.191. The Morgan fingerprint density at radius 2 is 1.64 bits per heavy atom. The van der Waals surface area contributed by atoms with Crippen molar-refractivity contribution >= 4 is 0 Å². The summed E-state index contributed by atoms with van der Waals surface area (Å²) in [6.45, 7) is 9.36. The molecule has 0 aromatic carbocycles. The molecular formula is C17H30N4O. The van der Waals surface area contributed by atoms with Gasteiger partial charge in [0, 0.05) is 18.6 Å². The number of nitrogens with one attached hydrogen (secondary N) is 2. The van der Waals surface area contributed by atoms with E-state index in [1.807, 2.05) is 0 Å². The molecule has 2 atom stereocenters. The molecule has 1 aliphatic heterocycles. The van der Waals surface area contributed by atoms with Crippen molar-refractivity contribution in [2.75, 3.05) is 39.3 Å². The van der Waals surface area contributed by atoms with Crippen LogP contribution in [0.5, 0.6) is 0 Å². The van der Waals surface area contributed by atoms with E-state index >= 15 is 0 Å². The van der Waals surface area contributed by atoms with Gasteiger partial charge in [0.05, 0.1) is 18.0 Å². The highest BCUT2D eigenvalue weighted by Gasteiger charge is 2.12. The second kappa shape index (κ2) is 9.20. The summed E-state index contributed by atoms with van der Waals surface area (Å²) in [6.07, 6.45) is 2.18. The number of hydrogen-bond acceptors (Lipinski definition) is 5. The number of β-amino-alcohol motifs (C(OH)–C–C–N with tert-alkyl or cyclic N) is 1. The molecule has 2 rings (SSSR count). The molecule has 22 heavy (non-hydrogen) atoms. The van der Waals surface area contributed by atoms with Crippen LogP contribution in [0.3, 0.4) is 0 Å². The van der Waals surface area contributed by atoms with Gasteiger partial charge in [0.15, 0.2) is 0 Å². The Morgan fingerprint density at radius 3 is 2.14 bits per heavy atom. The van der Waals surface area contributed by atoms with Gasteiger partial charge in [-0.3, -0.25) is 4.98 Å². The quantitative estimate of drug-likeness (QED) is 0.772. The van der Waals surface area contributed by atoms with Crippen LogP contribution in [0.4, 0.5) is 0 Å². The minimum Gasteiger partial charge on any atom is -0.395 e. The monoisotopic (exact) mass is 306 g/mol. The Bertz CT molecular complexity index is 407. The fourth-order valence-corrected chi connectivity index (χ4v) is 2.88. The van der Waals surface area contributed by atoms with Gasteiger partial charge in [0.25, 0.3) is 0 Å². The zero-order valence-corrected chi connectivity index (χ0v) is 13.9. The molecule has 0 saturated carbocycles. The summed E-state index contributed by atoms with van der Waals surface area (Å²) in [5.41, 5.74) is 2.21. The predicted octanol–water partition coefficient (Wildman–Crippen LogP) is 1.47. The van der Waals surface area contributed by atoms with Gasteiger partial charge >= 0.3 is 0 Å². The maximum atomic E-state index is 9.18. The molecule has 5 nitrogen and oxygen atoms in total. The van der Waals surface area contributed by atoms with Gasteiger partial charge in [-0.2, -0.15) is 0 Å². The van der Waals surface area contributed by atoms with Crippen molar-refractivity contribution in [2.45, 2.75) is 38.8 Å². The van der Waals surface area contributed by atoms with Gasteiger partial charge in [-0.25, -0.2) is 0 Å². The highest BCUT2D eigenvalue weighted by atomic mass is 16.3. The maximum Gasteiger partial charge on any atom is 0.0574 e. The number of fused-ring (bicyclic) bond motifs is 2. The van der Waals surface area contributed by atoms with E-state index in [0.29, 0.717) is 0 Å². The summed E-state index contributed by atoms with van der Waals surface area (Å²) in [5.74, 6) is 0. The SMILES string of the molecule is C[C@H]1NCCCN(CCO)CCCN[C@H](C)c2cccc1n2. The molecule has 2 heterocycles. The first-order valence-corrected chi connectivity index (χ1v) is 8.47. The van der Waals surface area contributed by atoms with Crippen LogP contribution in [-0.4, -0.2) is 54.3 Å². The smallest absolute Gasteiger partial charge is 0.0574 e. The lowest BCUT2D eigenvalue weighted by Gasteiger charge is -2.24. The number of aliphatic hydroxyl groups excluding tert-OH is 1. The zero-order valence-electron chi connectivity index (χ0n) is 13.9. The van der Waals surface area contributed by atoms with E-state index in [1.165, 1.54) is 0 Å². The lowest BCUT2D eigenvalue weighted by atomic mass is 10.1. The number of nitrogens with zero attached hydrogens (tertiary/aromatic N) is 2. The first-order chi connectivity index (χ1) is 10.7. The van der Waals surface area contributed by atoms with Gasteiger partial charge < -0.3 is 20.6 Å². The third kappa shape index (κ3) is 5.32. The normalized spacial score (nSPS) is 25.6. The van der Waals surface area contributed by atoms with E-state index in [0.717, 1.165) is 57.0 Å². The molecule has 1 aromatic rings. The summed E-state index contributed by atoms with van der Waals surface area (Å²) >= 11 is 0. The number of rotatable bonds is 2. The second-order valence-electron chi connectivity index (χ2n) is 6.11. The minimum absolute atomic E-state index is 0.238. The maximum absolute atomic E-state index is 9.18. The van der Waals surface area contributed by atoms with Crippen molar-refractivity contribution in [3.8, 4) is 0 Å².